The normalized spacial score (nSPS) is 26.7. The molecule has 3 aliphatic heterocycles. The highest BCUT2D eigenvalue weighted by atomic mass is 32.2. The Morgan fingerprint density at radius 3 is 2.61 bits per heavy atom. The van der Waals surface area contributed by atoms with E-state index < -0.39 is 0 Å². The molecule has 0 spiro atoms. The average molecular weight is 405 g/mol. The van der Waals surface area contributed by atoms with E-state index in [1.54, 1.807) is 12.1 Å². The number of nitrogens with one attached hydrogen (secondary N) is 2. The summed E-state index contributed by atoms with van der Waals surface area (Å²) in [6.45, 7) is 3.15. The first-order valence-electron chi connectivity index (χ1n) is 10.1. The summed E-state index contributed by atoms with van der Waals surface area (Å²) in [5.41, 5.74) is 1.09. The first kappa shape index (κ1) is 19.2. The molecule has 8 heteroatoms. The second-order valence-electron chi connectivity index (χ2n) is 7.75. The number of unbranched alkanes of at least 4 members (excludes halogenated alkanes) is 1. The molecule has 3 heterocycles. The molecule has 28 heavy (non-hydrogen) atoms. The molecule has 3 N–H and O–H groups in total. The highest BCUT2D eigenvalue weighted by Gasteiger charge is 2.42. The predicted molar refractivity (Wildman–Crippen MR) is 111 cm³/mol. The van der Waals surface area contributed by atoms with Crippen LogP contribution >= 0.6 is 11.8 Å². The molecule has 152 valence electrons. The van der Waals surface area contributed by atoms with Gasteiger partial charge in [0.05, 0.1) is 12.1 Å². The number of phenols is 1. The maximum Gasteiger partial charge on any atom is 0.315 e. The minimum absolute atomic E-state index is 0.0399. The lowest BCUT2D eigenvalue weighted by Gasteiger charge is -2.36. The largest absolute Gasteiger partial charge is 0.508 e. The van der Waals surface area contributed by atoms with Crippen molar-refractivity contribution in [3.63, 3.8) is 0 Å². The number of nitrogens with zero attached hydrogens (tertiary/aromatic N) is 2. The molecule has 0 radical (unpaired) electrons. The van der Waals surface area contributed by atoms with Crippen LogP contribution < -0.4 is 15.5 Å². The molecular formula is C20H28N4O3S. The van der Waals surface area contributed by atoms with E-state index in [0.29, 0.717) is 11.7 Å². The van der Waals surface area contributed by atoms with E-state index in [2.05, 4.69) is 15.5 Å². The fourth-order valence-corrected chi connectivity index (χ4v) is 5.84. The summed E-state index contributed by atoms with van der Waals surface area (Å²) in [5, 5.41) is 15.9. The molecule has 1 aromatic carbocycles. The molecule has 3 saturated heterocycles. The summed E-state index contributed by atoms with van der Waals surface area (Å²) < 4.78 is 0. The first-order chi connectivity index (χ1) is 13.6. The molecule has 0 aromatic heterocycles. The van der Waals surface area contributed by atoms with Gasteiger partial charge < -0.3 is 25.5 Å². The van der Waals surface area contributed by atoms with E-state index in [9.17, 15) is 14.7 Å². The Morgan fingerprint density at radius 2 is 1.86 bits per heavy atom. The molecule has 7 nitrogen and oxygen atoms in total. The van der Waals surface area contributed by atoms with Gasteiger partial charge in [-0.3, -0.25) is 4.79 Å². The van der Waals surface area contributed by atoms with Gasteiger partial charge >= 0.3 is 6.03 Å². The van der Waals surface area contributed by atoms with E-state index in [0.717, 1.165) is 56.9 Å². The van der Waals surface area contributed by atoms with Crippen LogP contribution in [0.5, 0.6) is 5.75 Å². The van der Waals surface area contributed by atoms with Crippen molar-refractivity contribution < 1.29 is 14.7 Å². The zero-order valence-corrected chi connectivity index (χ0v) is 16.8. The van der Waals surface area contributed by atoms with Gasteiger partial charge in [-0.15, -0.1) is 0 Å². The fourth-order valence-electron chi connectivity index (χ4n) is 4.30. The van der Waals surface area contributed by atoms with Gasteiger partial charge in [-0.25, -0.2) is 4.79 Å². The van der Waals surface area contributed by atoms with Crippen LogP contribution in [0.4, 0.5) is 10.5 Å². The number of piperazine rings is 1. The summed E-state index contributed by atoms with van der Waals surface area (Å²) in [4.78, 5) is 28.2. The van der Waals surface area contributed by atoms with E-state index in [-0.39, 0.29) is 29.8 Å². The Balaban J connectivity index is 1.14. The monoisotopic (exact) mass is 404 g/mol. The third-order valence-corrected chi connectivity index (χ3v) is 7.42. The molecule has 3 amide bonds. The third kappa shape index (κ3) is 4.32. The highest BCUT2D eigenvalue weighted by Crippen LogP contribution is 2.33. The van der Waals surface area contributed by atoms with Crippen LogP contribution in [0, 0.1) is 0 Å². The van der Waals surface area contributed by atoms with Crippen molar-refractivity contribution in [1.82, 2.24) is 15.5 Å². The standard InChI is InChI=1S/C20H28N4O3S/c25-15-7-5-14(6-8-15)23-9-11-24(12-10-23)18(26)4-2-1-3-17-19-16(13-28-17)21-20(27)22-19/h5-8,16-17,19,25H,1-4,9-13H2,(H2,21,22,27)/t16-,17-,19-/m0/s1. The summed E-state index contributed by atoms with van der Waals surface area (Å²) in [6.07, 6.45) is 3.59. The van der Waals surface area contributed by atoms with Crippen molar-refractivity contribution in [1.29, 1.82) is 0 Å². The number of thioether (sulfide) groups is 1. The lowest BCUT2D eigenvalue weighted by Crippen LogP contribution is -2.48. The summed E-state index contributed by atoms with van der Waals surface area (Å²) in [5.74, 6) is 1.51. The molecule has 0 bridgehead atoms. The maximum absolute atomic E-state index is 12.5. The van der Waals surface area contributed by atoms with E-state index >= 15 is 0 Å². The van der Waals surface area contributed by atoms with Gasteiger partial charge in [0.2, 0.25) is 5.91 Å². The second-order valence-corrected chi connectivity index (χ2v) is 9.02. The van der Waals surface area contributed by atoms with Gasteiger partial charge in [-0.05, 0) is 37.1 Å². The molecule has 0 unspecified atom stereocenters. The summed E-state index contributed by atoms with van der Waals surface area (Å²) >= 11 is 1.93. The quantitative estimate of drug-likeness (QED) is 0.497. The molecule has 3 aliphatic rings. The van der Waals surface area contributed by atoms with Gasteiger partial charge in [-0.2, -0.15) is 11.8 Å². The van der Waals surface area contributed by atoms with Gasteiger partial charge in [0, 0.05) is 49.3 Å². The van der Waals surface area contributed by atoms with Gasteiger partial charge in [0.1, 0.15) is 5.75 Å². The minimum Gasteiger partial charge on any atom is -0.508 e. The topological polar surface area (TPSA) is 84.9 Å². The van der Waals surface area contributed by atoms with Crippen LogP contribution in [-0.2, 0) is 4.79 Å². The minimum atomic E-state index is -0.0399. The number of urea groups is 1. The highest BCUT2D eigenvalue weighted by molar-refractivity contribution is 8.00. The SMILES string of the molecule is O=C1N[C@H]2[C@H](CS[C@H]2CCCCC(=O)N2CCN(c3ccc(O)cc3)CC2)N1. The van der Waals surface area contributed by atoms with Crippen LogP contribution in [0.25, 0.3) is 0 Å². The Hall–Kier alpha value is -2.09. The van der Waals surface area contributed by atoms with Crippen molar-refractivity contribution in [2.24, 2.45) is 0 Å². The van der Waals surface area contributed by atoms with E-state index in [4.69, 9.17) is 0 Å². The molecule has 0 aliphatic carbocycles. The smallest absolute Gasteiger partial charge is 0.315 e. The molecule has 0 saturated carbocycles. The number of anilines is 1. The maximum atomic E-state index is 12.5. The number of phenolic OH excluding ortho intramolecular Hbond substituents is 1. The molecule has 1 aromatic rings. The number of aromatic hydroxyl groups is 1. The van der Waals surface area contributed by atoms with Crippen molar-refractivity contribution >= 4 is 29.4 Å². The Kier molecular flexibility index (Phi) is 5.85. The van der Waals surface area contributed by atoms with Crippen LogP contribution in [-0.4, -0.2) is 71.2 Å². The van der Waals surface area contributed by atoms with Gasteiger partial charge in [0.15, 0.2) is 0 Å². The van der Waals surface area contributed by atoms with Crippen molar-refractivity contribution in [3.8, 4) is 5.75 Å². The third-order valence-electron chi connectivity index (χ3n) is 5.91. The van der Waals surface area contributed by atoms with Crippen molar-refractivity contribution in [2.45, 2.75) is 43.0 Å². The Labute approximate surface area is 169 Å². The van der Waals surface area contributed by atoms with Crippen molar-refractivity contribution in [3.05, 3.63) is 24.3 Å². The lowest BCUT2D eigenvalue weighted by atomic mass is 10.0. The number of fused-ring (bicyclic) bond motifs is 1. The average Bonchev–Trinajstić information content (AvgIpc) is 3.25. The van der Waals surface area contributed by atoms with Crippen LogP contribution in [0.3, 0.4) is 0 Å². The summed E-state index contributed by atoms with van der Waals surface area (Å²) in [6, 6.07) is 7.72. The van der Waals surface area contributed by atoms with Crippen LogP contribution in [0.1, 0.15) is 25.7 Å². The number of rotatable bonds is 6. The zero-order valence-electron chi connectivity index (χ0n) is 16.0. The number of hydrogen-bond acceptors (Lipinski definition) is 5. The molecule has 3 fully saturated rings. The summed E-state index contributed by atoms with van der Waals surface area (Å²) in [7, 11) is 0. The number of amides is 3. The van der Waals surface area contributed by atoms with E-state index in [1.807, 2.05) is 28.8 Å². The van der Waals surface area contributed by atoms with Crippen molar-refractivity contribution in [2.75, 3.05) is 36.8 Å². The van der Waals surface area contributed by atoms with Gasteiger partial charge in [0.25, 0.3) is 0 Å². The van der Waals surface area contributed by atoms with Crippen LogP contribution in [0.2, 0.25) is 0 Å². The second kappa shape index (κ2) is 8.51. The zero-order chi connectivity index (χ0) is 19.5. The molecular weight excluding hydrogens is 376 g/mol. The number of carbonyl (C=O) groups is 2. The van der Waals surface area contributed by atoms with Crippen LogP contribution in [0.15, 0.2) is 24.3 Å². The number of carbonyl (C=O) groups excluding carboxylic acids is 2. The number of benzene rings is 1. The molecule has 4 rings (SSSR count). The molecule has 3 atom stereocenters. The first-order valence-corrected chi connectivity index (χ1v) is 11.2. The van der Waals surface area contributed by atoms with Gasteiger partial charge in [-0.1, -0.05) is 6.42 Å². The fraction of sp³-hybridized carbons (Fsp3) is 0.600. The lowest BCUT2D eigenvalue weighted by molar-refractivity contribution is -0.131. The Bertz CT molecular complexity index is 706. The van der Waals surface area contributed by atoms with E-state index in [1.165, 1.54) is 0 Å². The predicted octanol–water partition coefficient (Wildman–Crippen LogP) is 1.77. The Morgan fingerprint density at radius 1 is 1.11 bits per heavy atom. The number of hydrogen-bond donors (Lipinski definition) is 3.